The number of ether oxygens (including phenoxy) is 4. The SMILES string of the molecule is COc1ccc(OC)c([C@@H]2CC(=O)NC(NC(=O)c3ccc(OC)c(OC)c3)=N2)c1. The van der Waals surface area contributed by atoms with E-state index in [0.717, 1.165) is 0 Å². The fourth-order valence-corrected chi connectivity index (χ4v) is 3.09. The predicted molar refractivity (Wildman–Crippen MR) is 109 cm³/mol. The number of nitrogens with one attached hydrogen (secondary N) is 2. The Hall–Kier alpha value is -3.75. The van der Waals surface area contributed by atoms with Crippen LogP contribution in [-0.2, 0) is 4.79 Å². The molecule has 0 bridgehead atoms. The first-order chi connectivity index (χ1) is 14.5. The van der Waals surface area contributed by atoms with E-state index in [-0.39, 0.29) is 18.3 Å². The number of aliphatic imine (C=N–C) groups is 1. The number of hydrogen-bond donors (Lipinski definition) is 2. The van der Waals surface area contributed by atoms with Crippen molar-refractivity contribution in [3.8, 4) is 23.0 Å². The van der Waals surface area contributed by atoms with Crippen molar-refractivity contribution in [2.45, 2.75) is 12.5 Å². The van der Waals surface area contributed by atoms with Gasteiger partial charge in [0.05, 0.1) is 40.9 Å². The monoisotopic (exact) mass is 413 g/mol. The molecule has 0 spiro atoms. The van der Waals surface area contributed by atoms with Crippen molar-refractivity contribution in [1.82, 2.24) is 10.6 Å². The minimum absolute atomic E-state index is 0.0564. The standard InChI is InChI=1S/C21H23N3O6/c1-27-13-6-8-16(28-2)14(10-13)15-11-19(25)23-21(22-15)24-20(26)12-5-7-17(29-3)18(9-12)30-4/h5-10,15H,11H2,1-4H3,(H2,22,23,24,25,26)/t15-/m0/s1. The zero-order valence-corrected chi connectivity index (χ0v) is 17.1. The lowest BCUT2D eigenvalue weighted by Crippen LogP contribution is -2.47. The molecule has 0 aliphatic carbocycles. The molecule has 9 nitrogen and oxygen atoms in total. The smallest absolute Gasteiger partial charge is 0.258 e. The van der Waals surface area contributed by atoms with E-state index >= 15 is 0 Å². The summed E-state index contributed by atoms with van der Waals surface area (Å²) >= 11 is 0. The van der Waals surface area contributed by atoms with Gasteiger partial charge in [0.25, 0.3) is 5.91 Å². The van der Waals surface area contributed by atoms with Crippen LogP contribution in [0.25, 0.3) is 0 Å². The Morgan fingerprint density at radius 2 is 1.67 bits per heavy atom. The van der Waals surface area contributed by atoms with Crippen LogP contribution in [-0.4, -0.2) is 46.2 Å². The zero-order chi connectivity index (χ0) is 21.7. The first-order valence-corrected chi connectivity index (χ1v) is 9.12. The van der Waals surface area contributed by atoms with E-state index in [1.54, 1.807) is 43.5 Å². The summed E-state index contributed by atoms with van der Waals surface area (Å²) in [6.45, 7) is 0. The highest BCUT2D eigenvalue weighted by atomic mass is 16.5. The zero-order valence-electron chi connectivity index (χ0n) is 17.1. The summed E-state index contributed by atoms with van der Waals surface area (Å²) in [5.74, 6) is 1.44. The molecule has 0 unspecified atom stereocenters. The third kappa shape index (κ3) is 4.45. The van der Waals surface area contributed by atoms with Crippen LogP contribution < -0.4 is 29.6 Å². The summed E-state index contributed by atoms with van der Waals surface area (Å²) in [6, 6.07) is 9.49. The van der Waals surface area contributed by atoms with Crippen molar-refractivity contribution in [3.63, 3.8) is 0 Å². The number of amides is 2. The number of guanidine groups is 1. The number of carbonyl (C=O) groups excluding carboxylic acids is 2. The molecular weight excluding hydrogens is 390 g/mol. The molecule has 9 heteroatoms. The van der Waals surface area contributed by atoms with Gasteiger partial charge in [0.2, 0.25) is 11.9 Å². The lowest BCUT2D eigenvalue weighted by Gasteiger charge is -2.23. The Morgan fingerprint density at radius 3 is 2.33 bits per heavy atom. The van der Waals surface area contributed by atoms with Crippen LogP contribution in [0, 0.1) is 0 Å². The maximum absolute atomic E-state index is 12.7. The molecule has 1 heterocycles. The number of hydrogen-bond acceptors (Lipinski definition) is 7. The molecule has 30 heavy (non-hydrogen) atoms. The summed E-state index contributed by atoms with van der Waals surface area (Å²) in [4.78, 5) is 29.4. The van der Waals surface area contributed by atoms with Crippen molar-refractivity contribution in [2.75, 3.05) is 28.4 Å². The van der Waals surface area contributed by atoms with Gasteiger partial charge in [-0.2, -0.15) is 0 Å². The Kier molecular flexibility index (Phi) is 6.41. The highest BCUT2D eigenvalue weighted by Crippen LogP contribution is 2.34. The van der Waals surface area contributed by atoms with Crippen molar-refractivity contribution >= 4 is 17.8 Å². The average molecular weight is 413 g/mol. The van der Waals surface area contributed by atoms with Crippen LogP contribution in [0.4, 0.5) is 0 Å². The normalized spacial score (nSPS) is 15.5. The molecule has 0 radical (unpaired) electrons. The van der Waals surface area contributed by atoms with E-state index in [9.17, 15) is 9.59 Å². The summed E-state index contributed by atoms with van der Waals surface area (Å²) in [5, 5.41) is 5.22. The second-order valence-corrected chi connectivity index (χ2v) is 6.38. The second-order valence-electron chi connectivity index (χ2n) is 6.38. The first-order valence-electron chi connectivity index (χ1n) is 9.12. The number of nitrogens with zero attached hydrogens (tertiary/aromatic N) is 1. The van der Waals surface area contributed by atoms with Gasteiger partial charge in [-0.3, -0.25) is 20.2 Å². The van der Waals surface area contributed by atoms with E-state index in [1.807, 2.05) is 0 Å². The van der Waals surface area contributed by atoms with Gasteiger partial charge in [0.15, 0.2) is 11.5 Å². The largest absolute Gasteiger partial charge is 0.497 e. The van der Waals surface area contributed by atoms with E-state index in [1.165, 1.54) is 21.3 Å². The molecule has 0 saturated heterocycles. The van der Waals surface area contributed by atoms with Crippen LogP contribution in [0.15, 0.2) is 41.4 Å². The van der Waals surface area contributed by atoms with Crippen molar-refractivity contribution < 1.29 is 28.5 Å². The Labute approximate surface area is 174 Å². The van der Waals surface area contributed by atoms with E-state index < -0.39 is 11.9 Å². The molecule has 1 aliphatic rings. The van der Waals surface area contributed by atoms with Crippen molar-refractivity contribution in [2.24, 2.45) is 4.99 Å². The summed E-state index contributed by atoms with van der Waals surface area (Å²) < 4.78 is 21.1. The van der Waals surface area contributed by atoms with E-state index in [4.69, 9.17) is 18.9 Å². The third-order valence-electron chi connectivity index (χ3n) is 4.60. The van der Waals surface area contributed by atoms with Crippen molar-refractivity contribution in [1.29, 1.82) is 0 Å². The molecule has 2 N–H and O–H groups in total. The van der Waals surface area contributed by atoms with E-state index in [2.05, 4.69) is 15.6 Å². The lowest BCUT2D eigenvalue weighted by atomic mass is 10.0. The lowest BCUT2D eigenvalue weighted by molar-refractivity contribution is -0.120. The molecule has 0 saturated carbocycles. The summed E-state index contributed by atoms with van der Waals surface area (Å²) in [5.41, 5.74) is 1.01. The van der Waals surface area contributed by atoms with Crippen LogP contribution in [0.3, 0.4) is 0 Å². The second kappa shape index (κ2) is 9.17. The maximum atomic E-state index is 12.7. The van der Waals surface area contributed by atoms with Crippen LogP contribution in [0.1, 0.15) is 28.4 Å². The molecule has 2 aromatic rings. The maximum Gasteiger partial charge on any atom is 0.258 e. The number of carbonyl (C=O) groups is 2. The molecule has 158 valence electrons. The number of rotatable bonds is 6. The highest BCUT2D eigenvalue weighted by molar-refractivity contribution is 6.10. The van der Waals surface area contributed by atoms with Gasteiger partial charge in [-0.05, 0) is 36.4 Å². The molecule has 3 rings (SSSR count). The fourth-order valence-electron chi connectivity index (χ4n) is 3.09. The Balaban J connectivity index is 1.87. The highest BCUT2D eigenvalue weighted by Gasteiger charge is 2.26. The Bertz CT molecular complexity index is 989. The minimum atomic E-state index is -0.537. The van der Waals surface area contributed by atoms with Gasteiger partial charge in [-0.25, -0.2) is 4.99 Å². The van der Waals surface area contributed by atoms with Crippen LogP contribution in [0.5, 0.6) is 23.0 Å². The first kappa shape index (κ1) is 21.0. The predicted octanol–water partition coefficient (Wildman–Crippen LogP) is 2.07. The Morgan fingerprint density at radius 1 is 0.967 bits per heavy atom. The van der Waals surface area contributed by atoms with Gasteiger partial charge in [0.1, 0.15) is 11.5 Å². The van der Waals surface area contributed by atoms with Gasteiger partial charge in [-0.15, -0.1) is 0 Å². The molecular formula is C21H23N3O6. The van der Waals surface area contributed by atoms with Crippen LogP contribution >= 0.6 is 0 Å². The number of methoxy groups -OCH3 is 4. The number of benzene rings is 2. The molecule has 2 aromatic carbocycles. The minimum Gasteiger partial charge on any atom is -0.497 e. The average Bonchev–Trinajstić information content (AvgIpc) is 2.77. The quantitative estimate of drug-likeness (QED) is 0.751. The summed E-state index contributed by atoms with van der Waals surface area (Å²) in [6.07, 6.45) is 0.110. The molecule has 0 fully saturated rings. The molecule has 0 aromatic heterocycles. The van der Waals surface area contributed by atoms with Gasteiger partial charge in [-0.1, -0.05) is 0 Å². The van der Waals surface area contributed by atoms with Gasteiger partial charge >= 0.3 is 0 Å². The van der Waals surface area contributed by atoms with E-state index in [0.29, 0.717) is 34.1 Å². The molecule has 1 atom stereocenters. The molecule has 1 aliphatic heterocycles. The topological polar surface area (TPSA) is 107 Å². The molecule has 2 amide bonds. The fraction of sp³-hybridized carbons (Fsp3) is 0.286. The summed E-state index contributed by atoms with van der Waals surface area (Å²) in [7, 11) is 6.09. The third-order valence-corrected chi connectivity index (χ3v) is 4.60. The van der Waals surface area contributed by atoms with Gasteiger partial charge in [0, 0.05) is 11.1 Å². The van der Waals surface area contributed by atoms with Gasteiger partial charge < -0.3 is 18.9 Å². The van der Waals surface area contributed by atoms with Crippen molar-refractivity contribution in [3.05, 3.63) is 47.5 Å². The van der Waals surface area contributed by atoms with Crippen LogP contribution in [0.2, 0.25) is 0 Å².